The average Bonchev–Trinajstić information content (AvgIpc) is 2.94. The number of amides is 2. The maximum absolute atomic E-state index is 12.5. The van der Waals surface area contributed by atoms with Gasteiger partial charge in [0.15, 0.2) is 10.9 Å². The number of carbonyl (C=O) groups is 3. The molecule has 0 bridgehead atoms. The number of benzene rings is 1. The number of carbonyl (C=O) groups excluding carboxylic acids is 3. The van der Waals surface area contributed by atoms with E-state index in [0.29, 0.717) is 34.1 Å². The van der Waals surface area contributed by atoms with E-state index in [0.717, 1.165) is 5.69 Å². The number of ether oxygens (including phenoxy) is 1. The zero-order valence-corrected chi connectivity index (χ0v) is 18.0. The van der Waals surface area contributed by atoms with Crippen LogP contribution < -0.4 is 10.6 Å². The van der Waals surface area contributed by atoms with Gasteiger partial charge in [-0.15, -0.1) is 0 Å². The number of hydrogen-bond acceptors (Lipinski definition) is 6. The van der Waals surface area contributed by atoms with Gasteiger partial charge < -0.3 is 4.74 Å². The standard InChI is InChI=1S/C21H25N3O4S/c1-20(2,3)28-19(27)22-13-8-6-12(7-9-13)17(26)24-18-23-14-10-21(4,5)11-15(25)16(14)29-18/h6-9H,10-11H2,1-5H3,(H,22,27)(H,23,24,26). The molecule has 7 nitrogen and oxygen atoms in total. The Hall–Kier alpha value is -2.74. The van der Waals surface area contributed by atoms with Crippen LogP contribution in [0.25, 0.3) is 0 Å². The summed E-state index contributed by atoms with van der Waals surface area (Å²) in [6.07, 6.45) is 0.642. The van der Waals surface area contributed by atoms with Crippen LogP contribution >= 0.6 is 11.3 Å². The molecule has 29 heavy (non-hydrogen) atoms. The maximum Gasteiger partial charge on any atom is 0.412 e. The third-order valence-corrected chi connectivity index (χ3v) is 5.30. The van der Waals surface area contributed by atoms with Gasteiger partial charge in [0.25, 0.3) is 5.91 Å². The van der Waals surface area contributed by atoms with E-state index in [2.05, 4.69) is 15.6 Å². The molecule has 3 rings (SSSR count). The van der Waals surface area contributed by atoms with Gasteiger partial charge in [-0.2, -0.15) is 0 Å². The Morgan fingerprint density at radius 2 is 1.76 bits per heavy atom. The first-order chi connectivity index (χ1) is 13.4. The third kappa shape index (κ3) is 5.41. The summed E-state index contributed by atoms with van der Waals surface area (Å²) in [5, 5.41) is 5.80. The minimum absolute atomic E-state index is 0.0758. The fraction of sp³-hybridized carbons (Fsp3) is 0.429. The second kappa shape index (κ2) is 7.59. The summed E-state index contributed by atoms with van der Waals surface area (Å²) >= 11 is 1.22. The first-order valence-electron chi connectivity index (χ1n) is 9.36. The number of aromatic nitrogens is 1. The highest BCUT2D eigenvalue weighted by Crippen LogP contribution is 2.38. The van der Waals surface area contributed by atoms with E-state index in [9.17, 15) is 14.4 Å². The Balaban J connectivity index is 1.65. The summed E-state index contributed by atoms with van der Waals surface area (Å²) in [7, 11) is 0. The van der Waals surface area contributed by atoms with Gasteiger partial charge in [-0.3, -0.25) is 20.2 Å². The van der Waals surface area contributed by atoms with Crippen LogP contribution in [0.3, 0.4) is 0 Å². The number of anilines is 2. The highest BCUT2D eigenvalue weighted by atomic mass is 32.1. The van der Waals surface area contributed by atoms with E-state index >= 15 is 0 Å². The van der Waals surface area contributed by atoms with Gasteiger partial charge in [0.1, 0.15) is 5.60 Å². The lowest BCUT2D eigenvalue weighted by Gasteiger charge is -2.26. The van der Waals surface area contributed by atoms with Gasteiger partial charge in [0.05, 0.1) is 10.6 Å². The molecule has 0 atom stereocenters. The van der Waals surface area contributed by atoms with Crippen LogP contribution in [0.15, 0.2) is 24.3 Å². The van der Waals surface area contributed by atoms with Crippen molar-refractivity contribution in [1.82, 2.24) is 4.98 Å². The van der Waals surface area contributed by atoms with E-state index < -0.39 is 11.7 Å². The summed E-state index contributed by atoms with van der Waals surface area (Å²) in [5.74, 6) is -0.251. The Morgan fingerprint density at radius 1 is 1.10 bits per heavy atom. The van der Waals surface area contributed by atoms with Gasteiger partial charge in [-0.1, -0.05) is 25.2 Å². The van der Waals surface area contributed by atoms with Gasteiger partial charge in [-0.25, -0.2) is 9.78 Å². The maximum atomic E-state index is 12.5. The SMILES string of the molecule is CC1(C)CC(=O)c2sc(NC(=O)c3ccc(NC(=O)OC(C)(C)C)cc3)nc2C1. The normalized spacial score (nSPS) is 15.4. The number of Topliss-reactive ketones (excluding diaryl/α,β-unsaturated/α-hetero) is 1. The fourth-order valence-corrected chi connectivity index (χ4v) is 3.98. The van der Waals surface area contributed by atoms with Gasteiger partial charge in [0.2, 0.25) is 0 Å². The van der Waals surface area contributed by atoms with Crippen molar-refractivity contribution in [1.29, 1.82) is 0 Å². The number of nitrogens with one attached hydrogen (secondary N) is 2. The quantitative estimate of drug-likeness (QED) is 0.743. The number of fused-ring (bicyclic) bond motifs is 1. The minimum atomic E-state index is -0.590. The number of ketones is 1. The summed E-state index contributed by atoms with van der Waals surface area (Å²) in [6.45, 7) is 9.43. The molecule has 0 spiro atoms. The molecular formula is C21H25N3O4S. The molecule has 1 aromatic heterocycles. The molecule has 0 fully saturated rings. The highest BCUT2D eigenvalue weighted by molar-refractivity contribution is 7.17. The van der Waals surface area contributed by atoms with Crippen LogP contribution in [0.1, 0.15) is 66.8 Å². The number of thiazole rings is 1. The first kappa shape index (κ1) is 21.0. The lowest BCUT2D eigenvalue weighted by atomic mass is 9.78. The number of hydrogen-bond donors (Lipinski definition) is 2. The molecule has 1 aliphatic rings. The lowest BCUT2D eigenvalue weighted by molar-refractivity contribution is 0.0635. The molecule has 8 heteroatoms. The van der Waals surface area contributed by atoms with Crippen LogP contribution in [0.2, 0.25) is 0 Å². The molecule has 0 aliphatic heterocycles. The second-order valence-corrected chi connectivity index (χ2v) is 9.89. The van der Waals surface area contributed by atoms with Crippen molar-refractivity contribution < 1.29 is 19.1 Å². The van der Waals surface area contributed by atoms with E-state index in [1.165, 1.54) is 11.3 Å². The number of rotatable bonds is 3. The molecular weight excluding hydrogens is 390 g/mol. The minimum Gasteiger partial charge on any atom is -0.444 e. The summed E-state index contributed by atoms with van der Waals surface area (Å²) in [5.41, 5.74) is 0.987. The number of nitrogens with zero attached hydrogens (tertiary/aromatic N) is 1. The Kier molecular flexibility index (Phi) is 5.49. The second-order valence-electron chi connectivity index (χ2n) is 8.89. The Labute approximate surface area is 173 Å². The van der Waals surface area contributed by atoms with Crippen LogP contribution in [0.4, 0.5) is 15.6 Å². The van der Waals surface area contributed by atoms with Crippen molar-refractivity contribution in [3.63, 3.8) is 0 Å². The van der Waals surface area contributed by atoms with Crippen molar-refractivity contribution in [2.24, 2.45) is 5.41 Å². The zero-order valence-electron chi connectivity index (χ0n) is 17.2. The Bertz CT molecular complexity index is 955. The topological polar surface area (TPSA) is 97.4 Å². The Morgan fingerprint density at radius 3 is 2.38 bits per heavy atom. The van der Waals surface area contributed by atoms with Gasteiger partial charge in [0, 0.05) is 17.7 Å². The van der Waals surface area contributed by atoms with E-state index in [1.54, 1.807) is 45.0 Å². The lowest BCUT2D eigenvalue weighted by Crippen LogP contribution is -2.27. The van der Waals surface area contributed by atoms with Crippen LogP contribution in [-0.2, 0) is 11.2 Å². The average molecular weight is 416 g/mol. The molecule has 1 heterocycles. The summed E-state index contributed by atoms with van der Waals surface area (Å²) in [6, 6.07) is 6.45. The summed E-state index contributed by atoms with van der Waals surface area (Å²) in [4.78, 5) is 41.7. The smallest absolute Gasteiger partial charge is 0.412 e. The fourth-order valence-electron chi connectivity index (χ4n) is 3.07. The monoisotopic (exact) mass is 415 g/mol. The molecule has 1 aliphatic carbocycles. The molecule has 2 amide bonds. The molecule has 0 unspecified atom stereocenters. The molecule has 0 saturated carbocycles. The first-order valence-corrected chi connectivity index (χ1v) is 10.2. The predicted octanol–water partition coefficient (Wildman–Crippen LogP) is 4.90. The van der Waals surface area contributed by atoms with Gasteiger partial charge in [-0.05, 0) is 56.9 Å². The molecule has 0 saturated heterocycles. The van der Waals surface area contributed by atoms with Crippen molar-refractivity contribution in [3.8, 4) is 0 Å². The van der Waals surface area contributed by atoms with Gasteiger partial charge >= 0.3 is 6.09 Å². The van der Waals surface area contributed by atoms with Crippen molar-refractivity contribution in [2.45, 2.75) is 53.1 Å². The van der Waals surface area contributed by atoms with Crippen molar-refractivity contribution >= 4 is 39.9 Å². The molecule has 154 valence electrons. The molecule has 2 aromatic rings. The van der Waals surface area contributed by atoms with Crippen LogP contribution in [0, 0.1) is 5.41 Å². The predicted molar refractivity (Wildman–Crippen MR) is 113 cm³/mol. The molecule has 0 radical (unpaired) electrons. The van der Waals surface area contributed by atoms with E-state index in [1.807, 2.05) is 13.8 Å². The van der Waals surface area contributed by atoms with E-state index in [4.69, 9.17) is 4.74 Å². The van der Waals surface area contributed by atoms with E-state index in [-0.39, 0.29) is 17.1 Å². The van der Waals surface area contributed by atoms with Crippen LogP contribution in [-0.4, -0.2) is 28.4 Å². The largest absolute Gasteiger partial charge is 0.444 e. The zero-order chi connectivity index (χ0) is 21.4. The van der Waals surface area contributed by atoms with Crippen molar-refractivity contribution in [3.05, 3.63) is 40.4 Å². The highest BCUT2D eigenvalue weighted by Gasteiger charge is 2.34. The van der Waals surface area contributed by atoms with Crippen molar-refractivity contribution in [2.75, 3.05) is 10.6 Å². The molecule has 1 aromatic carbocycles. The molecule has 2 N–H and O–H groups in total. The van der Waals surface area contributed by atoms with Crippen LogP contribution in [0.5, 0.6) is 0 Å². The summed E-state index contributed by atoms with van der Waals surface area (Å²) < 4.78 is 5.20. The third-order valence-electron chi connectivity index (χ3n) is 4.25.